The molecule has 1 aliphatic rings. The van der Waals surface area contributed by atoms with Crippen LogP contribution in [-0.4, -0.2) is 48.8 Å². The highest BCUT2D eigenvalue weighted by atomic mass is 32.1. The van der Waals surface area contributed by atoms with Gasteiger partial charge in [-0.05, 0) is 54.9 Å². The first-order valence-corrected chi connectivity index (χ1v) is 9.46. The summed E-state index contributed by atoms with van der Waals surface area (Å²) in [5.74, 6) is 0.722. The maximum Gasteiger partial charge on any atom is 0.170 e. The van der Waals surface area contributed by atoms with Crippen LogP contribution in [0.5, 0.6) is 5.75 Å². The lowest BCUT2D eigenvalue weighted by Gasteiger charge is -2.24. The van der Waals surface area contributed by atoms with Crippen molar-refractivity contribution < 1.29 is 14.3 Å². The highest BCUT2D eigenvalue weighted by Crippen LogP contribution is 2.22. The molecule has 0 amide bonds. The van der Waals surface area contributed by atoms with Crippen molar-refractivity contribution in [2.75, 3.05) is 20.2 Å². The van der Waals surface area contributed by atoms with Gasteiger partial charge in [0, 0.05) is 12.6 Å². The highest BCUT2D eigenvalue weighted by Gasteiger charge is 2.34. The minimum Gasteiger partial charge on any atom is -0.491 e. The zero-order valence-electron chi connectivity index (χ0n) is 15.3. The second-order valence-electron chi connectivity index (χ2n) is 6.44. The summed E-state index contributed by atoms with van der Waals surface area (Å²) in [4.78, 5) is 12.8. The Bertz CT molecular complexity index is 752. The molecule has 2 atom stereocenters. The monoisotopic (exact) mass is 384 g/mol. The lowest BCUT2D eigenvalue weighted by atomic mass is 10.1. The Kier molecular flexibility index (Phi) is 6.79. The fraction of sp³-hybridized carbons (Fsp3) is 0.333. The van der Waals surface area contributed by atoms with Crippen molar-refractivity contribution in [3.05, 3.63) is 65.7 Å². The molecule has 5 nitrogen and oxygen atoms in total. The van der Waals surface area contributed by atoms with Gasteiger partial charge in [0.25, 0.3) is 0 Å². The first-order valence-electron chi connectivity index (χ1n) is 9.05. The number of rotatable bonds is 7. The van der Waals surface area contributed by atoms with Crippen molar-refractivity contribution >= 4 is 23.6 Å². The van der Waals surface area contributed by atoms with E-state index in [-0.39, 0.29) is 12.3 Å². The van der Waals surface area contributed by atoms with Crippen LogP contribution in [0.1, 0.15) is 22.3 Å². The quantitative estimate of drug-likeness (QED) is 0.585. The van der Waals surface area contributed by atoms with Gasteiger partial charge in [-0.1, -0.05) is 30.3 Å². The van der Waals surface area contributed by atoms with E-state index in [0.717, 1.165) is 24.9 Å². The number of aryl methyl sites for hydroxylation is 1. The van der Waals surface area contributed by atoms with Crippen LogP contribution in [0.3, 0.4) is 0 Å². The van der Waals surface area contributed by atoms with E-state index in [0.29, 0.717) is 23.8 Å². The first kappa shape index (κ1) is 19.3. The van der Waals surface area contributed by atoms with E-state index in [4.69, 9.17) is 21.7 Å². The minimum absolute atomic E-state index is 0.0668. The average Bonchev–Trinajstić information content (AvgIpc) is 3.14. The highest BCUT2D eigenvalue weighted by molar-refractivity contribution is 7.80. The van der Waals surface area contributed by atoms with Gasteiger partial charge in [-0.2, -0.15) is 0 Å². The molecule has 0 bridgehead atoms. The van der Waals surface area contributed by atoms with Gasteiger partial charge in [-0.25, -0.2) is 0 Å². The molecule has 0 radical (unpaired) electrons. The molecule has 2 aromatic carbocycles. The number of nitrogens with zero attached hydrogens (tertiary/aromatic N) is 1. The number of benzene rings is 2. The smallest absolute Gasteiger partial charge is 0.170 e. The van der Waals surface area contributed by atoms with Gasteiger partial charge >= 0.3 is 0 Å². The Morgan fingerprint density at radius 2 is 2.00 bits per heavy atom. The van der Waals surface area contributed by atoms with Crippen LogP contribution in [0.2, 0.25) is 0 Å². The summed E-state index contributed by atoms with van der Waals surface area (Å²) in [5.41, 5.74) is 1.91. The van der Waals surface area contributed by atoms with Crippen molar-refractivity contribution in [2.45, 2.75) is 25.2 Å². The number of carbonyl (C=O) groups is 1. The van der Waals surface area contributed by atoms with Crippen LogP contribution in [0.4, 0.5) is 0 Å². The SMILES string of the molecule is CNC(=S)N1CC(COc2ccc(C=O)cc2)OC1CCc1ccccc1. The molecule has 1 N–H and O–H groups in total. The van der Waals surface area contributed by atoms with E-state index in [1.165, 1.54) is 5.56 Å². The van der Waals surface area contributed by atoms with Gasteiger partial charge in [-0.3, -0.25) is 4.79 Å². The average molecular weight is 385 g/mol. The third-order valence-corrected chi connectivity index (χ3v) is 4.99. The Morgan fingerprint density at radius 1 is 1.26 bits per heavy atom. The van der Waals surface area contributed by atoms with Gasteiger partial charge < -0.3 is 19.7 Å². The van der Waals surface area contributed by atoms with Crippen LogP contribution in [-0.2, 0) is 11.2 Å². The summed E-state index contributed by atoms with van der Waals surface area (Å²) in [7, 11) is 1.83. The van der Waals surface area contributed by atoms with Crippen molar-refractivity contribution in [2.24, 2.45) is 0 Å². The summed E-state index contributed by atoms with van der Waals surface area (Å²) in [6, 6.07) is 17.4. The summed E-state index contributed by atoms with van der Waals surface area (Å²) in [6.07, 6.45) is 2.46. The summed E-state index contributed by atoms with van der Waals surface area (Å²) >= 11 is 5.44. The van der Waals surface area contributed by atoms with Gasteiger partial charge in [-0.15, -0.1) is 0 Å². The van der Waals surface area contributed by atoms with E-state index in [2.05, 4.69) is 22.3 Å². The number of carbonyl (C=O) groups excluding carboxylic acids is 1. The molecule has 1 aliphatic heterocycles. The molecule has 6 heteroatoms. The van der Waals surface area contributed by atoms with Crippen molar-refractivity contribution in [3.8, 4) is 5.75 Å². The molecular formula is C21H24N2O3S. The zero-order chi connectivity index (χ0) is 19.1. The Morgan fingerprint density at radius 3 is 2.67 bits per heavy atom. The normalized spacial score (nSPS) is 18.9. The van der Waals surface area contributed by atoms with Gasteiger partial charge in [0.05, 0.1) is 6.54 Å². The zero-order valence-corrected chi connectivity index (χ0v) is 16.2. The van der Waals surface area contributed by atoms with E-state index in [9.17, 15) is 4.79 Å². The maximum absolute atomic E-state index is 10.7. The van der Waals surface area contributed by atoms with Crippen LogP contribution >= 0.6 is 12.2 Å². The fourth-order valence-corrected chi connectivity index (χ4v) is 3.31. The third-order valence-electron chi connectivity index (χ3n) is 4.55. The van der Waals surface area contributed by atoms with Crippen molar-refractivity contribution in [1.29, 1.82) is 0 Å². The van der Waals surface area contributed by atoms with Crippen LogP contribution < -0.4 is 10.1 Å². The number of aldehydes is 1. The summed E-state index contributed by atoms with van der Waals surface area (Å²) in [5, 5.41) is 3.73. The number of ether oxygens (including phenoxy) is 2. The first-order chi connectivity index (χ1) is 13.2. The summed E-state index contributed by atoms with van der Waals surface area (Å²) in [6.45, 7) is 1.12. The summed E-state index contributed by atoms with van der Waals surface area (Å²) < 4.78 is 12.0. The third kappa shape index (κ3) is 5.28. The topological polar surface area (TPSA) is 50.8 Å². The number of nitrogens with one attached hydrogen (secondary N) is 1. The van der Waals surface area contributed by atoms with Gasteiger partial charge in [0.15, 0.2) is 5.11 Å². The molecule has 2 aromatic rings. The molecule has 0 aromatic heterocycles. The molecule has 2 unspecified atom stereocenters. The minimum atomic E-state index is -0.0730. The molecule has 3 rings (SSSR count). The van der Waals surface area contributed by atoms with E-state index < -0.39 is 0 Å². The van der Waals surface area contributed by atoms with Crippen LogP contribution in [0, 0.1) is 0 Å². The number of hydrogen-bond acceptors (Lipinski definition) is 4. The van der Waals surface area contributed by atoms with E-state index in [1.54, 1.807) is 24.3 Å². The van der Waals surface area contributed by atoms with Gasteiger partial charge in [0.2, 0.25) is 0 Å². The largest absolute Gasteiger partial charge is 0.491 e. The van der Waals surface area contributed by atoms with Crippen molar-refractivity contribution in [3.63, 3.8) is 0 Å². The molecule has 27 heavy (non-hydrogen) atoms. The molecular weight excluding hydrogens is 360 g/mol. The molecule has 1 heterocycles. The molecule has 142 valence electrons. The van der Waals surface area contributed by atoms with Crippen LogP contribution in [0.15, 0.2) is 54.6 Å². The second-order valence-corrected chi connectivity index (χ2v) is 6.83. The lowest BCUT2D eigenvalue weighted by molar-refractivity contribution is -0.00401. The van der Waals surface area contributed by atoms with E-state index >= 15 is 0 Å². The molecule has 0 saturated carbocycles. The standard InChI is InChI=1S/C21H24N2O3S/c1-22-21(27)23-13-19(15-25-18-10-7-17(14-24)8-11-18)26-20(23)12-9-16-5-3-2-4-6-16/h2-8,10-11,14,19-20H,9,12-13,15H2,1H3,(H,22,27). The Balaban J connectivity index is 1.56. The second kappa shape index (κ2) is 9.48. The Hall–Kier alpha value is -2.44. The van der Waals surface area contributed by atoms with Gasteiger partial charge in [0.1, 0.15) is 31.0 Å². The van der Waals surface area contributed by atoms with E-state index in [1.807, 2.05) is 25.2 Å². The molecule has 0 spiro atoms. The Labute approximate surface area is 165 Å². The molecule has 0 aliphatic carbocycles. The lowest BCUT2D eigenvalue weighted by Crippen LogP contribution is -2.42. The number of thiocarbonyl (C=S) groups is 1. The maximum atomic E-state index is 10.7. The van der Waals surface area contributed by atoms with Crippen molar-refractivity contribution in [1.82, 2.24) is 10.2 Å². The predicted octanol–water partition coefficient (Wildman–Crippen LogP) is 3.04. The molecule has 1 saturated heterocycles. The fourth-order valence-electron chi connectivity index (χ4n) is 3.12. The van der Waals surface area contributed by atoms with Crippen LogP contribution in [0.25, 0.3) is 0 Å². The number of hydrogen-bond donors (Lipinski definition) is 1. The molecule has 1 fully saturated rings. The predicted molar refractivity (Wildman–Crippen MR) is 109 cm³/mol.